The first-order valence-electron chi connectivity index (χ1n) is 6.79. The van der Waals surface area contributed by atoms with Crippen molar-refractivity contribution >= 4 is 17.6 Å². The smallest absolute Gasteiger partial charge is 0.344 e. The number of esters is 1. The van der Waals surface area contributed by atoms with Gasteiger partial charge in [-0.3, -0.25) is 0 Å². The molecule has 1 heterocycles. The topological polar surface area (TPSA) is 57.7 Å². The average molecular weight is 322 g/mol. The van der Waals surface area contributed by atoms with Crippen molar-refractivity contribution in [2.45, 2.75) is 13.5 Å². The molecule has 0 saturated carbocycles. The first kappa shape index (κ1) is 16.1. The summed E-state index contributed by atoms with van der Waals surface area (Å²) in [6.45, 7) is 2.49. The second-order valence-electron chi connectivity index (χ2n) is 4.34. The molecule has 0 aliphatic carbocycles. The molecule has 2 rings (SSSR count). The fraction of sp³-hybridized carbons (Fsp3) is 0.250. The van der Waals surface area contributed by atoms with E-state index < -0.39 is 5.97 Å². The van der Waals surface area contributed by atoms with Crippen LogP contribution in [0.3, 0.4) is 0 Å². The highest BCUT2D eigenvalue weighted by Crippen LogP contribution is 2.17. The van der Waals surface area contributed by atoms with Gasteiger partial charge in [0.2, 0.25) is 0 Å². The summed E-state index contributed by atoms with van der Waals surface area (Å²) >= 11 is 5.67. The number of aromatic nitrogens is 1. The minimum Gasteiger partial charge on any atom is -0.494 e. The standard InChI is InChI=1S/C16H16ClNO4/c1-2-20-13-4-6-14(7-5-13)21-11-16(19)22-10-12-3-8-15(17)18-9-12/h3-9H,2,10-11H2,1H3. The van der Waals surface area contributed by atoms with Crippen LogP contribution in [0.15, 0.2) is 42.6 Å². The molecule has 0 radical (unpaired) electrons. The third-order valence-corrected chi connectivity index (χ3v) is 2.90. The largest absolute Gasteiger partial charge is 0.494 e. The Labute approximate surface area is 133 Å². The Morgan fingerprint density at radius 3 is 2.36 bits per heavy atom. The van der Waals surface area contributed by atoms with E-state index in [1.54, 1.807) is 42.6 Å². The summed E-state index contributed by atoms with van der Waals surface area (Å²) in [5, 5.41) is 0.397. The fourth-order valence-corrected chi connectivity index (χ4v) is 1.75. The molecule has 0 aliphatic heterocycles. The minimum absolute atomic E-state index is 0.135. The molecule has 5 nitrogen and oxygen atoms in total. The molecule has 2 aromatic rings. The average Bonchev–Trinajstić information content (AvgIpc) is 2.54. The SMILES string of the molecule is CCOc1ccc(OCC(=O)OCc2ccc(Cl)nc2)cc1. The highest BCUT2D eigenvalue weighted by molar-refractivity contribution is 6.29. The fourth-order valence-electron chi connectivity index (χ4n) is 1.64. The molecule has 0 aliphatic rings. The number of benzene rings is 1. The summed E-state index contributed by atoms with van der Waals surface area (Å²) in [6, 6.07) is 10.4. The maximum Gasteiger partial charge on any atom is 0.344 e. The van der Waals surface area contributed by atoms with Crippen LogP contribution < -0.4 is 9.47 Å². The predicted octanol–water partition coefficient (Wildman–Crippen LogP) is 3.26. The molecule has 0 amide bonds. The van der Waals surface area contributed by atoms with Crippen molar-refractivity contribution < 1.29 is 19.0 Å². The van der Waals surface area contributed by atoms with E-state index in [2.05, 4.69) is 4.98 Å². The Kier molecular flexibility index (Phi) is 6.03. The Balaban J connectivity index is 1.74. The van der Waals surface area contributed by atoms with Crippen molar-refractivity contribution in [1.82, 2.24) is 4.98 Å². The van der Waals surface area contributed by atoms with Gasteiger partial charge in [0.05, 0.1) is 6.61 Å². The van der Waals surface area contributed by atoms with E-state index in [9.17, 15) is 4.79 Å². The van der Waals surface area contributed by atoms with E-state index in [1.165, 1.54) is 0 Å². The summed E-state index contributed by atoms with van der Waals surface area (Å²) in [5.74, 6) is 0.880. The minimum atomic E-state index is -0.455. The molecule has 0 spiro atoms. The molecule has 116 valence electrons. The Morgan fingerprint density at radius 1 is 1.09 bits per heavy atom. The van der Waals surface area contributed by atoms with Gasteiger partial charge in [-0.2, -0.15) is 0 Å². The van der Waals surface area contributed by atoms with Crippen LogP contribution in [-0.4, -0.2) is 24.2 Å². The maximum absolute atomic E-state index is 11.6. The van der Waals surface area contributed by atoms with E-state index in [1.807, 2.05) is 6.92 Å². The Hall–Kier alpha value is -2.27. The van der Waals surface area contributed by atoms with Crippen LogP contribution in [0.1, 0.15) is 12.5 Å². The van der Waals surface area contributed by atoms with E-state index in [0.717, 1.165) is 11.3 Å². The maximum atomic E-state index is 11.6. The summed E-state index contributed by atoms with van der Waals surface area (Å²) in [6.07, 6.45) is 1.56. The van der Waals surface area contributed by atoms with Crippen LogP contribution in [-0.2, 0) is 16.1 Å². The van der Waals surface area contributed by atoms with Gasteiger partial charge in [-0.1, -0.05) is 17.7 Å². The lowest BCUT2D eigenvalue weighted by atomic mass is 10.3. The number of nitrogens with zero attached hydrogens (tertiary/aromatic N) is 1. The molecule has 0 bridgehead atoms. The number of rotatable bonds is 7. The van der Waals surface area contributed by atoms with E-state index >= 15 is 0 Å². The highest BCUT2D eigenvalue weighted by atomic mass is 35.5. The van der Waals surface area contributed by atoms with Crippen LogP contribution in [0.4, 0.5) is 0 Å². The Bertz CT molecular complexity index is 599. The summed E-state index contributed by atoms with van der Waals surface area (Å²) in [5.41, 5.74) is 0.763. The van der Waals surface area contributed by atoms with Crippen molar-refractivity contribution in [1.29, 1.82) is 0 Å². The van der Waals surface area contributed by atoms with Gasteiger partial charge in [-0.25, -0.2) is 9.78 Å². The molecule has 0 fully saturated rings. The molecular weight excluding hydrogens is 306 g/mol. The number of pyridine rings is 1. The van der Waals surface area contributed by atoms with Gasteiger partial charge in [0.15, 0.2) is 6.61 Å². The molecule has 1 aromatic heterocycles. The second-order valence-corrected chi connectivity index (χ2v) is 4.73. The first-order valence-corrected chi connectivity index (χ1v) is 7.17. The highest BCUT2D eigenvalue weighted by Gasteiger charge is 2.05. The zero-order valence-electron chi connectivity index (χ0n) is 12.1. The van der Waals surface area contributed by atoms with Crippen molar-refractivity contribution in [3.63, 3.8) is 0 Å². The van der Waals surface area contributed by atoms with Gasteiger partial charge in [0.25, 0.3) is 0 Å². The van der Waals surface area contributed by atoms with Gasteiger partial charge < -0.3 is 14.2 Å². The molecule has 1 aromatic carbocycles. The lowest BCUT2D eigenvalue weighted by Crippen LogP contribution is -2.14. The van der Waals surface area contributed by atoms with Crippen molar-refractivity contribution in [2.75, 3.05) is 13.2 Å². The summed E-state index contributed by atoms with van der Waals surface area (Å²) < 4.78 is 15.7. The number of hydrogen-bond acceptors (Lipinski definition) is 5. The van der Waals surface area contributed by atoms with Crippen LogP contribution in [0.2, 0.25) is 5.15 Å². The quantitative estimate of drug-likeness (QED) is 0.578. The van der Waals surface area contributed by atoms with Crippen LogP contribution >= 0.6 is 11.6 Å². The lowest BCUT2D eigenvalue weighted by Gasteiger charge is -2.08. The normalized spacial score (nSPS) is 10.1. The predicted molar refractivity (Wildman–Crippen MR) is 82.1 cm³/mol. The van der Waals surface area contributed by atoms with Gasteiger partial charge in [0.1, 0.15) is 23.3 Å². The van der Waals surface area contributed by atoms with Gasteiger partial charge in [0, 0.05) is 11.8 Å². The molecule has 0 saturated heterocycles. The molecule has 6 heteroatoms. The monoisotopic (exact) mass is 321 g/mol. The third kappa shape index (κ3) is 5.26. The molecule has 0 atom stereocenters. The molecule has 22 heavy (non-hydrogen) atoms. The Morgan fingerprint density at radius 2 is 1.77 bits per heavy atom. The van der Waals surface area contributed by atoms with Crippen LogP contribution in [0, 0.1) is 0 Å². The van der Waals surface area contributed by atoms with Gasteiger partial charge >= 0.3 is 5.97 Å². The zero-order chi connectivity index (χ0) is 15.8. The second kappa shape index (κ2) is 8.24. The van der Waals surface area contributed by atoms with Crippen LogP contribution in [0.5, 0.6) is 11.5 Å². The van der Waals surface area contributed by atoms with Crippen LogP contribution in [0.25, 0.3) is 0 Å². The molecule has 0 N–H and O–H groups in total. The molecular formula is C16H16ClNO4. The number of carbonyl (C=O) groups is 1. The number of carbonyl (C=O) groups excluding carboxylic acids is 1. The third-order valence-electron chi connectivity index (χ3n) is 2.68. The zero-order valence-corrected chi connectivity index (χ0v) is 12.9. The van der Waals surface area contributed by atoms with Crippen molar-refractivity contribution in [2.24, 2.45) is 0 Å². The van der Waals surface area contributed by atoms with E-state index in [-0.39, 0.29) is 13.2 Å². The number of hydrogen-bond donors (Lipinski definition) is 0. The van der Waals surface area contributed by atoms with Gasteiger partial charge in [-0.15, -0.1) is 0 Å². The van der Waals surface area contributed by atoms with Crippen molar-refractivity contribution in [3.8, 4) is 11.5 Å². The number of halogens is 1. The van der Waals surface area contributed by atoms with E-state index in [0.29, 0.717) is 17.5 Å². The van der Waals surface area contributed by atoms with Crippen molar-refractivity contribution in [3.05, 3.63) is 53.3 Å². The summed E-state index contributed by atoms with van der Waals surface area (Å²) in [7, 11) is 0. The van der Waals surface area contributed by atoms with E-state index in [4.69, 9.17) is 25.8 Å². The first-order chi connectivity index (χ1) is 10.7. The number of ether oxygens (including phenoxy) is 3. The lowest BCUT2D eigenvalue weighted by molar-refractivity contribution is -0.147. The van der Waals surface area contributed by atoms with Gasteiger partial charge in [-0.05, 0) is 37.3 Å². The summed E-state index contributed by atoms with van der Waals surface area (Å²) in [4.78, 5) is 15.5. The molecule has 0 unspecified atom stereocenters.